The minimum Gasteiger partial charge on any atom is -0.310 e. The normalized spacial score (nSPS) is 12.1. The van der Waals surface area contributed by atoms with E-state index in [1.807, 2.05) is 11.8 Å². The van der Waals surface area contributed by atoms with Crippen molar-refractivity contribution < 1.29 is 0 Å². The minimum absolute atomic E-state index is 0.129. The van der Waals surface area contributed by atoms with E-state index in [9.17, 15) is 0 Å². The number of fused-ring (bicyclic) bond motifs is 5. The van der Waals surface area contributed by atoms with Gasteiger partial charge in [-0.15, -0.1) is 0 Å². The molecular formula is C48H40BNS. The van der Waals surface area contributed by atoms with Gasteiger partial charge in [0.25, 0.3) is 0 Å². The van der Waals surface area contributed by atoms with Gasteiger partial charge in [0.2, 0.25) is 6.71 Å². The number of hydrogen-bond donors (Lipinski definition) is 0. The number of hydrogen-bond acceptors (Lipinski definition) is 1. The molecule has 2 heterocycles. The van der Waals surface area contributed by atoms with Gasteiger partial charge in [-0.25, -0.2) is 0 Å². The van der Waals surface area contributed by atoms with Crippen LogP contribution in [0.2, 0.25) is 0 Å². The summed E-state index contributed by atoms with van der Waals surface area (Å²) < 4.78 is 2.57. The molecule has 1 nitrogen and oxygen atoms in total. The topological polar surface area (TPSA) is 4.93 Å². The summed E-state index contributed by atoms with van der Waals surface area (Å²) in [5, 5.41) is 2.65. The van der Waals surface area contributed by atoms with Crippen molar-refractivity contribution in [3.8, 4) is 16.8 Å². The van der Waals surface area contributed by atoms with Crippen molar-refractivity contribution in [3.05, 3.63) is 179 Å². The lowest BCUT2D eigenvalue weighted by molar-refractivity contribution is 0.931. The molecule has 0 saturated carbocycles. The van der Waals surface area contributed by atoms with Crippen LogP contribution in [0, 0.1) is 27.7 Å². The molecule has 8 aromatic rings. The highest BCUT2D eigenvalue weighted by atomic mass is 32.2. The Hall–Kier alpha value is -5.25. The van der Waals surface area contributed by atoms with Gasteiger partial charge in [0.1, 0.15) is 0 Å². The van der Waals surface area contributed by atoms with E-state index in [1.54, 1.807) is 0 Å². The molecule has 0 saturated heterocycles. The lowest BCUT2D eigenvalue weighted by Crippen LogP contribution is -2.57. The van der Waals surface area contributed by atoms with Crippen LogP contribution in [0.1, 0.15) is 33.4 Å². The van der Waals surface area contributed by atoms with Crippen LogP contribution in [0.5, 0.6) is 0 Å². The first-order chi connectivity index (χ1) is 25.0. The zero-order valence-electron chi connectivity index (χ0n) is 29.7. The second-order valence-corrected chi connectivity index (χ2v) is 15.3. The van der Waals surface area contributed by atoms with Crippen LogP contribution in [-0.2, 0) is 12.8 Å². The largest absolute Gasteiger partial charge is 0.310 e. The van der Waals surface area contributed by atoms with Gasteiger partial charge in [0, 0.05) is 31.8 Å². The predicted molar refractivity (Wildman–Crippen MR) is 221 cm³/mol. The third-order valence-electron chi connectivity index (χ3n) is 11.1. The fourth-order valence-electron chi connectivity index (χ4n) is 8.58. The first-order valence-corrected chi connectivity index (χ1v) is 18.9. The van der Waals surface area contributed by atoms with E-state index < -0.39 is 0 Å². The van der Waals surface area contributed by atoms with Gasteiger partial charge in [-0.2, -0.15) is 0 Å². The average Bonchev–Trinajstić information content (AvgIpc) is 3.49. The summed E-state index contributed by atoms with van der Waals surface area (Å²) in [4.78, 5) is 2.67. The van der Waals surface area contributed by atoms with Crippen molar-refractivity contribution >= 4 is 56.7 Å². The van der Waals surface area contributed by atoms with Crippen LogP contribution in [-0.4, -0.2) is 11.3 Å². The Kier molecular flexibility index (Phi) is 7.97. The van der Waals surface area contributed by atoms with Crippen molar-refractivity contribution in [1.29, 1.82) is 0 Å². The lowest BCUT2D eigenvalue weighted by Gasteiger charge is -2.30. The third-order valence-corrected chi connectivity index (χ3v) is 12.4. The fourth-order valence-corrected chi connectivity index (χ4v) is 9.64. The molecule has 9 rings (SSSR count). The van der Waals surface area contributed by atoms with Gasteiger partial charge >= 0.3 is 0 Å². The molecule has 7 aromatic carbocycles. The molecule has 0 unspecified atom stereocenters. The summed E-state index contributed by atoms with van der Waals surface area (Å²) >= 11 is 1.89. The van der Waals surface area contributed by atoms with Crippen LogP contribution in [0.25, 0.3) is 38.6 Å². The van der Waals surface area contributed by atoms with Gasteiger partial charge in [0.15, 0.2) is 0 Å². The van der Waals surface area contributed by atoms with Gasteiger partial charge in [-0.3, -0.25) is 0 Å². The molecule has 0 atom stereocenters. The number of benzene rings is 7. The summed E-state index contributed by atoms with van der Waals surface area (Å²) in [6, 6.07) is 54.3. The number of rotatable bonds is 7. The van der Waals surface area contributed by atoms with Gasteiger partial charge in [-0.05, 0) is 115 Å². The summed E-state index contributed by atoms with van der Waals surface area (Å²) in [6.45, 7) is 9.23. The zero-order chi connectivity index (χ0) is 34.6. The summed E-state index contributed by atoms with van der Waals surface area (Å²) in [7, 11) is 0. The van der Waals surface area contributed by atoms with E-state index in [1.165, 1.54) is 98.2 Å². The van der Waals surface area contributed by atoms with Crippen molar-refractivity contribution in [1.82, 2.24) is 4.57 Å². The Morgan fingerprint density at radius 3 is 2.04 bits per heavy atom. The molecule has 1 aliphatic heterocycles. The highest BCUT2D eigenvalue weighted by Gasteiger charge is 2.36. The average molecular weight is 674 g/mol. The van der Waals surface area contributed by atoms with Crippen molar-refractivity contribution in [2.24, 2.45) is 0 Å². The van der Waals surface area contributed by atoms with E-state index in [0.29, 0.717) is 0 Å². The van der Waals surface area contributed by atoms with Crippen molar-refractivity contribution in [2.45, 2.75) is 50.3 Å². The fraction of sp³-hybridized carbons (Fsp3) is 0.125. The number of aryl methyl sites for hydroxylation is 5. The predicted octanol–water partition coefficient (Wildman–Crippen LogP) is 10.5. The maximum atomic E-state index is 2.57. The van der Waals surface area contributed by atoms with Crippen LogP contribution < -0.4 is 16.4 Å². The van der Waals surface area contributed by atoms with Crippen molar-refractivity contribution in [3.63, 3.8) is 0 Å². The summed E-state index contributed by atoms with van der Waals surface area (Å²) in [6.07, 6.45) is 1.97. The maximum Gasteiger partial charge on any atom is 0.247 e. The monoisotopic (exact) mass is 673 g/mol. The molecule has 3 heteroatoms. The van der Waals surface area contributed by atoms with Gasteiger partial charge in [0.05, 0.1) is 5.52 Å². The van der Waals surface area contributed by atoms with E-state index >= 15 is 0 Å². The third kappa shape index (κ3) is 5.34. The van der Waals surface area contributed by atoms with Crippen LogP contribution in [0.15, 0.2) is 155 Å². The van der Waals surface area contributed by atoms with Crippen molar-refractivity contribution in [2.75, 3.05) is 0 Å². The maximum absolute atomic E-state index is 2.57. The number of nitrogens with zero attached hydrogens (tertiary/aromatic N) is 1. The molecule has 0 aliphatic carbocycles. The SMILES string of the molecule is Cc1ccccc1Sc1ccccc1CCc1cc(C)c2c(c1)-n1c3ccccc3c3cccc(c31)B2c1cccc(-c2ccccc2C)c1C. The molecule has 1 aromatic heterocycles. The first kappa shape index (κ1) is 31.7. The van der Waals surface area contributed by atoms with E-state index in [2.05, 4.69) is 178 Å². The lowest BCUT2D eigenvalue weighted by atomic mass is 9.34. The first-order valence-electron chi connectivity index (χ1n) is 18.1. The van der Waals surface area contributed by atoms with E-state index in [-0.39, 0.29) is 6.71 Å². The van der Waals surface area contributed by atoms with Crippen LogP contribution in [0.4, 0.5) is 0 Å². The smallest absolute Gasteiger partial charge is 0.247 e. The molecule has 0 bridgehead atoms. The molecule has 0 fully saturated rings. The Labute approximate surface area is 306 Å². The highest BCUT2D eigenvalue weighted by Crippen LogP contribution is 2.36. The molecule has 0 amide bonds. The van der Waals surface area contributed by atoms with E-state index in [0.717, 1.165) is 12.8 Å². The molecule has 0 radical (unpaired) electrons. The number of para-hydroxylation sites is 2. The van der Waals surface area contributed by atoms with E-state index in [4.69, 9.17) is 0 Å². The van der Waals surface area contributed by atoms with Gasteiger partial charge in [-0.1, -0.05) is 144 Å². The molecule has 51 heavy (non-hydrogen) atoms. The van der Waals surface area contributed by atoms with Crippen LogP contribution in [0.3, 0.4) is 0 Å². The summed E-state index contributed by atoms with van der Waals surface area (Å²) in [5.74, 6) is 0. The highest BCUT2D eigenvalue weighted by molar-refractivity contribution is 7.99. The standard InChI is InChI=1S/C48H40BNS/c1-31-15-5-8-18-37(31)38-20-13-22-41(34(38)4)49-42-23-14-21-40-39-19-9-10-24-43(39)50(48(40)42)44-30-35(29-33(3)47(44)49)27-28-36-17-7-12-26-46(36)51-45-25-11-6-16-32(45)2/h5-26,29-30H,27-28H2,1-4H3. The minimum atomic E-state index is 0.129. The second-order valence-electron chi connectivity index (χ2n) is 14.2. The Bertz CT molecular complexity index is 2630. The molecule has 0 spiro atoms. The quantitative estimate of drug-likeness (QED) is 0.153. The molecule has 246 valence electrons. The Balaban J connectivity index is 1.20. The summed E-state index contributed by atoms with van der Waals surface area (Å²) in [5.41, 5.74) is 18.9. The van der Waals surface area contributed by atoms with Crippen LogP contribution >= 0.6 is 11.8 Å². The zero-order valence-corrected chi connectivity index (χ0v) is 30.5. The Morgan fingerprint density at radius 2 is 1.20 bits per heavy atom. The molecule has 1 aliphatic rings. The Morgan fingerprint density at radius 1 is 0.529 bits per heavy atom. The molecule has 0 N–H and O–H groups in total. The van der Waals surface area contributed by atoms with Gasteiger partial charge < -0.3 is 4.57 Å². The number of aromatic nitrogens is 1. The molecular weight excluding hydrogens is 633 g/mol. The second kappa shape index (κ2) is 12.8.